The van der Waals surface area contributed by atoms with Gasteiger partial charge in [0.25, 0.3) is 0 Å². The predicted octanol–water partition coefficient (Wildman–Crippen LogP) is -2.57. The van der Waals surface area contributed by atoms with Crippen LogP contribution in [0.25, 0.3) is 0 Å². The first-order valence-electron chi connectivity index (χ1n) is 4.07. The summed E-state index contributed by atoms with van der Waals surface area (Å²) in [5, 5.41) is 0. The van der Waals surface area contributed by atoms with Crippen molar-refractivity contribution >= 4 is 156 Å². The average molecular weight is 316 g/mol. The van der Waals surface area contributed by atoms with Gasteiger partial charge in [0.1, 0.15) is 0 Å². The van der Waals surface area contributed by atoms with Crippen molar-refractivity contribution in [1.29, 1.82) is 0 Å². The molecule has 0 aromatic rings. The minimum atomic E-state index is -2.35. The molecule has 0 spiro atoms. The Morgan fingerprint density at radius 1 is 1.18 bits per heavy atom. The fourth-order valence-electron chi connectivity index (χ4n) is 0.498. The van der Waals surface area contributed by atoms with Gasteiger partial charge in [-0.05, 0) is 6.42 Å². The van der Waals surface area contributed by atoms with Crippen LogP contribution in [0.3, 0.4) is 0 Å². The van der Waals surface area contributed by atoms with Crippen molar-refractivity contribution in [3.63, 3.8) is 0 Å². The first-order valence-corrected chi connectivity index (χ1v) is 5.30. The van der Waals surface area contributed by atoms with Crippen molar-refractivity contribution in [2.45, 2.75) is 19.8 Å². The Bertz CT molecular complexity index is 126. The van der Waals surface area contributed by atoms with Crippen molar-refractivity contribution in [3.8, 4) is 0 Å². The van der Waals surface area contributed by atoms with Gasteiger partial charge in [0.05, 0.1) is 6.61 Å². The Morgan fingerprint density at radius 3 is 2.12 bits per heavy atom. The van der Waals surface area contributed by atoms with Gasteiger partial charge in [-0.1, -0.05) is 13.3 Å². The molecule has 11 heteroatoms. The van der Waals surface area contributed by atoms with Gasteiger partial charge < -0.3 is 10.3 Å². The normalized spacial score (nSPS) is 9.29. The first kappa shape index (κ1) is 37.9. The summed E-state index contributed by atoms with van der Waals surface area (Å²) < 4.78 is 20.3. The van der Waals surface area contributed by atoms with Gasteiger partial charge in [0.2, 0.25) is 0 Å². The SMILES string of the molecule is CCCCO[PH](=O)ONCCN.[NaH].[NaH].[NaH].[NaH].[NaH]. The number of hydrogen-bond acceptors (Lipinski definition) is 5. The zero-order valence-electron chi connectivity index (χ0n) is 7.34. The van der Waals surface area contributed by atoms with Crippen molar-refractivity contribution in [2.75, 3.05) is 19.7 Å². The van der Waals surface area contributed by atoms with Crippen LogP contribution >= 0.6 is 8.25 Å². The second kappa shape index (κ2) is 32.9. The Kier molecular flexibility index (Phi) is 73.3. The summed E-state index contributed by atoms with van der Waals surface area (Å²) in [6.07, 6.45) is 1.92. The van der Waals surface area contributed by atoms with Crippen LogP contribution in [0.2, 0.25) is 0 Å². The standard InChI is InChI=1S/C6H17N2O3P.5Na.5H/c1-2-3-6-10-12(9)11-8-5-4-7;;;;;;;;;;/h8,12H,2-7H2,1H3;;;;;;;;;;. The average Bonchev–Trinajstić information content (AvgIpc) is 2.06. The van der Waals surface area contributed by atoms with Crippen LogP contribution in [-0.4, -0.2) is 167 Å². The molecule has 0 aromatic carbocycles. The molecule has 0 saturated heterocycles. The molecule has 0 amide bonds. The van der Waals surface area contributed by atoms with Crippen molar-refractivity contribution in [3.05, 3.63) is 0 Å². The Morgan fingerprint density at radius 2 is 1.71 bits per heavy atom. The van der Waals surface area contributed by atoms with E-state index in [4.69, 9.17) is 10.3 Å². The molecule has 1 atom stereocenters. The van der Waals surface area contributed by atoms with Gasteiger partial charge in [-0.25, -0.2) is 4.62 Å². The summed E-state index contributed by atoms with van der Waals surface area (Å²) in [5.74, 6) is 0. The van der Waals surface area contributed by atoms with E-state index < -0.39 is 8.25 Å². The van der Waals surface area contributed by atoms with Crippen molar-refractivity contribution in [2.24, 2.45) is 5.73 Å². The van der Waals surface area contributed by atoms with Crippen LogP contribution < -0.4 is 11.2 Å². The van der Waals surface area contributed by atoms with Crippen LogP contribution in [0.4, 0.5) is 0 Å². The predicted molar refractivity (Wildman–Crippen MR) is 83.7 cm³/mol. The van der Waals surface area contributed by atoms with E-state index in [2.05, 4.69) is 10.1 Å². The van der Waals surface area contributed by atoms with E-state index in [-0.39, 0.29) is 148 Å². The van der Waals surface area contributed by atoms with E-state index in [0.29, 0.717) is 19.7 Å². The molecule has 0 rings (SSSR count). The molecule has 0 radical (unpaired) electrons. The monoisotopic (exact) mass is 316 g/mol. The van der Waals surface area contributed by atoms with Crippen LogP contribution in [-0.2, 0) is 13.7 Å². The molecule has 0 heterocycles. The van der Waals surface area contributed by atoms with Gasteiger partial charge in [0.15, 0.2) is 0 Å². The molecule has 0 aliphatic heterocycles. The zero-order chi connectivity index (χ0) is 9.23. The molecule has 17 heavy (non-hydrogen) atoms. The Hall–Kier alpha value is 5.07. The molecule has 84 valence electrons. The number of hydrogen-bond donors (Lipinski definition) is 2. The summed E-state index contributed by atoms with van der Waals surface area (Å²) in [7, 11) is -2.35. The topological polar surface area (TPSA) is 73.6 Å². The van der Waals surface area contributed by atoms with Gasteiger partial charge in [-0.15, -0.1) is 0 Å². The summed E-state index contributed by atoms with van der Waals surface area (Å²) in [5.41, 5.74) is 7.61. The second-order valence-corrected chi connectivity index (χ2v) is 3.23. The fourth-order valence-corrected chi connectivity index (χ4v) is 1.09. The van der Waals surface area contributed by atoms with Crippen LogP contribution in [0.15, 0.2) is 0 Å². The van der Waals surface area contributed by atoms with E-state index >= 15 is 0 Å². The van der Waals surface area contributed by atoms with Crippen molar-refractivity contribution < 1.29 is 13.7 Å². The maximum absolute atomic E-state index is 10.8. The van der Waals surface area contributed by atoms with Gasteiger partial charge in [0, 0.05) is 13.1 Å². The van der Waals surface area contributed by atoms with Gasteiger partial charge in [-0.3, -0.25) is 4.57 Å². The Labute approximate surface area is 216 Å². The third-order valence-corrected chi connectivity index (χ3v) is 1.87. The fraction of sp³-hybridized carbons (Fsp3) is 1.00. The van der Waals surface area contributed by atoms with E-state index in [1.54, 1.807) is 0 Å². The number of nitrogens with two attached hydrogens (primary N) is 1. The van der Waals surface area contributed by atoms with Crippen molar-refractivity contribution in [1.82, 2.24) is 5.48 Å². The first-order chi connectivity index (χ1) is 5.81. The van der Waals surface area contributed by atoms with E-state index in [1.165, 1.54) is 0 Å². The molecule has 0 fully saturated rings. The van der Waals surface area contributed by atoms with Gasteiger partial charge in [-0.2, -0.15) is 5.48 Å². The molecule has 5 nitrogen and oxygen atoms in total. The van der Waals surface area contributed by atoms with Crippen LogP contribution in [0.1, 0.15) is 19.8 Å². The summed E-state index contributed by atoms with van der Waals surface area (Å²) >= 11 is 0. The minimum absolute atomic E-state index is 0. The zero-order valence-corrected chi connectivity index (χ0v) is 8.34. The van der Waals surface area contributed by atoms with Crippen LogP contribution in [0.5, 0.6) is 0 Å². The van der Waals surface area contributed by atoms with E-state index in [0.717, 1.165) is 12.8 Å². The summed E-state index contributed by atoms with van der Waals surface area (Å²) in [6, 6.07) is 0. The summed E-state index contributed by atoms with van der Waals surface area (Å²) in [6.45, 7) is 3.45. The molecule has 0 aromatic heterocycles. The third-order valence-electron chi connectivity index (χ3n) is 1.12. The number of unbranched alkanes of at least 4 members (excludes halogenated alkanes) is 1. The number of nitrogens with one attached hydrogen (secondary N) is 1. The second-order valence-electron chi connectivity index (χ2n) is 2.24. The molecular formula is C6H22N2Na5O3P. The number of hydroxylamine groups is 1. The molecular weight excluding hydrogens is 294 g/mol. The Balaban J connectivity index is -0.0000000605. The number of rotatable bonds is 8. The molecule has 0 saturated carbocycles. The van der Waals surface area contributed by atoms with Crippen LogP contribution in [0, 0.1) is 0 Å². The van der Waals surface area contributed by atoms with E-state index in [1.807, 2.05) is 6.92 Å². The summed E-state index contributed by atoms with van der Waals surface area (Å²) in [4.78, 5) is 0. The van der Waals surface area contributed by atoms with E-state index in [9.17, 15) is 4.57 Å². The molecule has 0 aliphatic rings. The molecule has 0 bridgehead atoms. The maximum atomic E-state index is 10.8. The quantitative estimate of drug-likeness (QED) is 0.223. The molecule has 1 unspecified atom stereocenters. The molecule has 3 N–H and O–H groups in total. The third kappa shape index (κ3) is 33.7. The molecule has 0 aliphatic carbocycles. The van der Waals surface area contributed by atoms with Gasteiger partial charge >= 0.3 is 156 Å².